The molecule has 3 N–H and O–H groups in total. The van der Waals surface area contributed by atoms with Crippen molar-refractivity contribution in [2.45, 2.75) is 18.9 Å². The summed E-state index contributed by atoms with van der Waals surface area (Å²) in [6, 6.07) is 3.70. The maximum absolute atomic E-state index is 11.5. The fraction of sp³-hybridized carbons (Fsp3) is 0.500. The molecule has 0 unspecified atom stereocenters. The van der Waals surface area contributed by atoms with Crippen molar-refractivity contribution in [3.05, 3.63) is 24.0 Å². The molecule has 1 aromatic rings. The largest absolute Gasteiger partial charge is 0.368 e. The van der Waals surface area contributed by atoms with Crippen LogP contribution in [0.1, 0.15) is 23.8 Å². The van der Waals surface area contributed by atoms with Gasteiger partial charge in [-0.1, -0.05) is 6.92 Å². The predicted octanol–water partition coefficient (Wildman–Crippen LogP) is 0.369. The van der Waals surface area contributed by atoms with Gasteiger partial charge in [-0.3, -0.25) is 9.78 Å². The maximum Gasteiger partial charge on any atom is 0.269 e. The number of anilines is 1. The van der Waals surface area contributed by atoms with Crippen LogP contribution in [0.3, 0.4) is 0 Å². The van der Waals surface area contributed by atoms with Crippen molar-refractivity contribution in [1.29, 1.82) is 0 Å². The Morgan fingerprint density at radius 3 is 2.94 bits per heavy atom. The lowest BCUT2D eigenvalue weighted by atomic mass is 9.88. The standard InChI is InChI=1S/C12H18N4O/c1-3-12(13)7-16(8-12)9-4-5-15-10(6-9)11(17)14-2/h4-6H,3,7-8,13H2,1-2H3,(H,14,17). The molecule has 1 fully saturated rings. The van der Waals surface area contributed by atoms with E-state index in [2.05, 4.69) is 22.1 Å². The van der Waals surface area contributed by atoms with Gasteiger partial charge >= 0.3 is 0 Å². The minimum Gasteiger partial charge on any atom is -0.368 e. The first-order valence-electron chi connectivity index (χ1n) is 5.80. The van der Waals surface area contributed by atoms with E-state index in [1.807, 2.05) is 6.07 Å². The molecule has 0 saturated carbocycles. The highest BCUT2D eigenvalue weighted by Crippen LogP contribution is 2.27. The Hall–Kier alpha value is -1.62. The van der Waals surface area contributed by atoms with Crippen molar-refractivity contribution < 1.29 is 4.79 Å². The van der Waals surface area contributed by atoms with E-state index in [-0.39, 0.29) is 11.4 Å². The number of carbonyl (C=O) groups excluding carboxylic acids is 1. The minimum absolute atomic E-state index is 0.0730. The smallest absolute Gasteiger partial charge is 0.269 e. The van der Waals surface area contributed by atoms with Crippen LogP contribution >= 0.6 is 0 Å². The lowest BCUT2D eigenvalue weighted by molar-refractivity contribution is 0.0958. The molecule has 0 atom stereocenters. The van der Waals surface area contributed by atoms with Crippen molar-refractivity contribution in [3.63, 3.8) is 0 Å². The van der Waals surface area contributed by atoms with E-state index in [4.69, 9.17) is 5.73 Å². The highest BCUT2D eigenvalue weighted by atomic mass is 16.1. The normalized spacial score (nSPS) is 17.5. The van der Waals surface area contributed by atoms with Crippen LogP contribution in [-0.4, -0.2) is 36.6 Å². The number of hydrogen-bond acceptors (Lipinski definition) is 4. The summed E-state index contributed by atoms with van der Waals surface area (Å²) in [6.45, 7) is 3.77. The van der Waals surface area contributed by atoms with E-state index in [1.165, 1.54) is 0 Å². The molecule has 5 heteroatoms. The average Bonchev–Trinajstić information content (AvgIpc) is 2.34. The molecule has 0 bridgehead atoms. The molecular weight excluding hydrogens is 216 g/mol. The molecule has 1 saturated heterocycles. The fourth-order valence-electron chi connectivity index (χ4n) is 1.99. The molecule has 1 aliphatic heterocycles. The summed E-state index contributed by atoms with van der Waals surface area (Å²) >= 11 is 0. The summed E-state index contributed by atoms with van der Waals surface area (Å²) in [7, 11) is 1.60. The maximum atomic E-state index is 11.5. The molecule has 0 spiro atoms. The van der Waals surface area contributed by atoms with E-state index >= 15 is 0 Å². The number of carbonyl (C=O) groups is 1. The van der Waals surface area contributed by atoms with E-state index in [0.29, 0.717) is 5.69 Å². The van der Waals surface area contributed by atoms with Crippen LogP contribution in [0.2, 0.25) is 0 Å². The number of aromatic nitrogens is 1. The second kappa shape index (κ2) is 4.33. The summed E-state index contributed by atoms with van der Waals surface area (Å²) in [5, 5.41) is 2.57. The van der Waals surface area contributed by atoms with Crippen molar-refractivity contribution in [2.24, 2.45) is 5.73 Å². The van der Waals surface area contributed by atoms with Gasteiger partial charge in [-0.05, 0) is 18.6 Å². The number of rotatable bonds is 3. The van der Waals surface area contributed by atoms with Gasteiger partial charge < -0.3 is 16.0 Å². The highest BCUT2D eigenvalue weighted by molar-refractivity contribution is 5.92. The van der Waals surface area contributed by atoms with Crippen LogP contribution in [-0.2, 0) is 0 Å². The van der Waals surface area contributed by atoms with Gasteiger partial charge in [0.1, 0.15) is 5.69 Å². The lowest BCUT2D eigenvalue weighted by Crippen LogP contribution is -2.67. The SMILES string of the molecule is CCC1(N)CN(c2ccnc(C(=O)NC)c2)C1. The van der Waals surface area contributed by atoms with Crippen LogP contribution in [0, 0.1) is 0 Å². The first kappa shape index (κ1) is 11.9. The van der Waals surface area contributed by atoms with Gasteiger partial charge in [-0.2, -0.15) is 0 Å². The third-order valence-electron chi connectivity index (χ3n) is 3.28. The average molecular weight is 234 g/mol. The van der Waals surface area contributed by atoms with Crippen LogP contribution in [0.5, 0.6) is 0 Å². The Balaban J connectivity index is 2.11. The van der Waals surface area contributed by atoms with E-state index in [0.717, 1.165) is 25.2 Å². The van der Waals surface area contributed by atoms with Crippen LogP contribution in [0.15, 0.2) is 18.3 Å². The summed E-state index contributed by atoms with van der Waals surface area (Å²) in [6.07, 6.45) is 2.62. The molecule has 1 aromatic heterocycles. The Kier molecular flexibility index (Phi) is 3.02. The van der Waals surface area contributed by atoms with E-state index in [1.54, 1.807) is 19.3 Å². The number of nitrogens with one attached hydrogen (secondary N) is 1. The molecular formula is C12H18N4O. The highest BCUT2D eigenvalue weighted by Gasteiger charge is 2.37. The molecule has 5 nitrogen and oxygen atoms in total. The fourth-order valence-corrected chi connectivity index (χ4v) is 1.99. The molecule has 2 rings (SSSR count). The van der Waals surface area contributed by atoms with Gasteiger partial charge in [0.05, 0.1) is 5.54 Å². The number of nitrogens with zero attached hydrogens (tertiary/aromatic N) is 2. The van der Waals surface area contributed by atoms with Crippen molar-refractivity contribution in [3.8, 4) is 0 Å². The molecule has 1 amide bonds. The number of amides is 1. The lowest BCUT2D eigenvalue weighted by Gasteiger charge is -2.48. The van der Waals surface area contributed by atoms with E-state index < -0.39 is 0 Å². The topological polar surface area (TPSA) is 71.2 Å². The third-order valence-corrected chi connectivity index (χ3v) is 3.28. The molecule has 17 heavy (non-hydrogen) atoms. The summed E-state index contributed by atoms with van der Waals surface area (Å²) in [5.74, 6) is -0.165. The summed E-state index contributed by atoms with van der Waals surface area (Å²) < 4.78 is 0. The second-order valence-electron chi connectivity index (χ2n) is 4.55. The monoisotopic (exact) mass is 234 g/mol. The van der Waals surface area contributed by atoms with Gasteiger partial charge in [0.2, 0.25) is 0 Å². The molecule has 0 radical (unpaired) electrons. The van der Waals surface area contributed by atoms with Gasteiger partial charge in [-0.25, -0.2) is 0 Å². The van der Waals surface area contributed by atoms with Gasteiger partial charge in [0.15, 0.2) is 0 Å². The van der Waals surface area contributed by atoms with Gasteiger partial charge in [0.25, 0.3) is 5.91 Å². The second-order valence-corrected chi connectivity index (χ2v) is 4.55. The number of nitrogens with two attached hydrogens (primary N) is 1. The van der Waals surface area contributed by atoms with Gasteiger partial charge in [-0.15, -0.1) is 0 Å². The van der Waals surface area contributed by atoms with Gasteiger partial charge in [0, 0.05) is 32.0 Å². The zero-order valence-corrected chi connectivity index (χ0v) is 10.2. The number of hydrogen-bond donors (Lipinski definition) is 2. The first-order valence-corrected chi connectivity index (χ1v) is 5.80. The number of pyridine rings is 1. The van der Waals surface area contributed by atoms with Crippen molar-refractivity contribution >= 4 is 11.6 Å². The van der Waals surface area contributed by atoms with E-state index in [9.17, 15) is 4.79 Å². The Morgan fingerprint density at radius 1 is 1.65 bits per heavy atom. The van der Waals surface area contributed by atoms with Crippen LogP contribution in [0.25, 0.3) is 0 Å². The first-order chi connectivity index (χ1) is 8.08. The Morgan fingerprint density at radius 2 is 2.35 bits per heavy atom. The Bertz CT molecular complexity index is 426. The molecule has 0 aromatic carbocycles. The van der Waals surface area contributed by atoms with Crippen molar-refractivity contribution in [2.75, 3.05) is 25.0 Å². The minimum atomic E-state index is -0.165. The third kappa shape index (κ3) is 2.24. The van der Waals surface area contributed by atoms with Crippen LogP contribution < -0.4 is 16.0 Å². The zero-order chi connectivity index (χ0) is 12.5. The quantitative estimate of drug-likeness (QED) is 0.792. The Labute approximate surface area is 101 Å². The molecule has 1 aliphatic rings. The molecule has 2 heterocycles. The molecule has 92 valence electrons. The predicted molar refractivity (Wildman–Crippen MR) is 67.0 cm³/mol. The van der Waals surface area contributed by atoms with Crippen LogP contribution in [0.4, 0.5) is 5.69 Å². The summed E-state index contributed by atoms with van der Waals surface area (Å²) in [4.78, 5) is 17.7. The summed E-state index contributed by atoms with van der Waals surface area (Å²) in [5.41, 5.74) is 7.49. The molecule has 0 aliphatic carbocycles. The van der Waals surface area contributed by atoms with Crippen molar-refractivity contribution in [1.82, 2.24) is 10.3 Å². The zero-order valence-electron chi connectivity index (χ0n) is 10.2.